The summed E-state index contributed by atoms with van der Waals surface area (Å²) in [6.07, 6.45) is 8.82. The molecule has 1 fully saturated rings. The van der Waals surface area contributed by atoms with Gasteiger partial charge in [0.25, 0.3) is 0 Å². The molecule has 0 unspecified atom stereocenters. The lowest BCUT2D eigenvalue weighted by Gasteiger charge is -2.28. The predicted octanol–water partition coefficient (Wildman–Crippen LogP) is 4.76. The first-order valence-corrected chi connectivity index (χ1v) is 7.66. The van der Waals surface area contributed by atoms with Gasteiger partial charge in [0.1, 0.15) is 5.82 Å². The molecule has 1 aliphatic carbocycles. The SMILES string of the molecule is CCC1(CNc2ccc(C(C)(C)C)cn2)CCCC1. The quantitative estimate of drug-likeness (QED) is 0.844. The van der Waals surface area contributed by atoms with Crippen molar-refractivity contribution in [1.29, 1.82) is 0 Å². The van der Waals surface area contributed by atoms with E-state index in [1.165, 1.54) is 37.7 Å². The molecule has 106 valence electrons. The maximum absolute atomic E-state index is 4.56. The van der Waals surface area contributed by atoms with E-state index >= 15 is 0 Å². The molecule has 2 heteroatoms. The van der Waals surface area contributed by atoms with Gasteiger partial charge < -0.3 is 5.32 Å². The average molecular weight is 260 g/mol. The molecule has 0 spiro atoms. The summed E-state index contributed by atoms with van der Waals surface area (Å²) in [6.45, 7) is 10.1. The summed E-state index contributed by atoms with van der Waals surface area (Å²) in [5.74, 6) is 1.02. The Hall–Kier alpha value is -1.05. The first kappa shape index (κ1) is 14.4. The highest BCUT2D eigenvalue weighted by molar-refractivity contribution is 5.37. The summed E-state index contributed by atoms with van der Waals surface area (Å²) >= 11 is 0. The van der Waals surface area contributed by atoms with Crippen LogP contribution in [0.3, 0.4) is 0 Å². The fourth-order valence-electron chi connectivity index (χ4n) is 3.00. The molecule has 2 nitrogen and oxygen atoms in total. The average Bonchev–Trinajstić information content (AvgIpc) is 2.85. The molecular formula is C17H28N2. The molecule has 2 rings (SSSR count). The third kappa shape index (κ3) is 3.49. The first-order chi connectivity index (χ1) is 8.95. The van der Waals surface area contributed by atoms with Crippen molar-refractivity contribution in [3.63, 3.8) is 0 Å². The van der Waals surface area contributed by atoms with Gasteiger partial charge in [-0.05, 0) is 41.7 Å². The van der Waals surface area contributed by atoms with Crippen molar-refractivity contribution in [2.45, 2.75) is 65.2 Å². The summed E-state index contributed by atoms with van der Waals surface area (Å²) in [5.41, 5.74) is 2.00. The van der Waals surface area contributed by atoms with Crippen molar-refractivity contribution in [1.82, 2.24) is 4.98 Å². The Morgan fingerprint density at radius 2 is 1.89 bits per heavy atom. The minimum absolute atomic E-state index is 0.182. The van der Waals surface area contributed by atoms with Gasteiger partial charge in [-0.2, -0.15) is 0 Å². The van der Waals surface area contributed by atoms with E-state index < -0.39 is 0 Å². The van der Waals surface area contributed by atoms with Crippen molar-refractivity contribution >= 4 is 5.82 Å². The van der Waals surface area contributed by atoms with Gasteiger partial charge in [0.15, 0.2) is 0 Å². The van der Waals surface area contributed by atoms with Gasteiger partial charge in [0.05, 0.1) is 0 Å². The maximum Gasteiger partial charge on any atom is 0.125 e. The molecule has 1 aliphatic rings. The Morgan fingerprint density at radius 3 is 2.37 bits per heavy atom. The maximum atomic E-state index is 4.56. The molecule has 0 bridgehead atoms. The van der Waals surface area contributed by atoms with Crippen LogP contribution in [-0.4, -0.2) is 11.5 Å². The van der Waals surface area contributed by atoms with Crippen LogP contribution in [0.15, 0.2) is 18.3 Å². The van der Waals surface area contributed by atoms with Gasteiger partial charge in [-0.15, -0.1) is 0 Å². The highest BCUT2D eigenvalue weighted by Gasteiger charge is 2.31. The van der Waals surface area contributed by atoms with E-state index in [0.717, 1.165) is 12.4 Å². The van der Waals surface area contributed by atoms with Crippen LogP contribution < -0.4 is 5.32 Å². The lowest BCUT2D eigenvalue weighted by molar-refractivity contribution is 0.306. The van der Waals surface area contributed by atoms with Crippen molar-refractivity contribution < 1.29 is 0 Å². The molecule has 0 aliphatic heterocycles. The fraction of sp³-hybridized carbons (Fsp3) is 0.706. The summed E-state index contributed by atoms with van der Waals surface area (Å²) in [5, 5.41) is 3.55. The van der Waals surface area contributed by atoms with Crippen LogP contribution in [-0.2, 0) is 5.41 Å². The van der Waals surface area contributed by atoms with E-state index in [2.05, 4.69) is 50.1 Å². The van der Waals surface area contributed by atoms with Crippen LogP contribution in [0.2, 0.25) is 0 Å². The van der Waals surface area contributed by atoms with Crippen LogP contribution in [0.25, 0.3) is 0 Å². The molecule has 1 aromatic rings. The van der Waals surface area contributed by atoms with Crippen LogP contribution in [0, 0.1) is 5.41 Å². The van der Waals surface area contributed by atoms with Gasteiger partial charge >= 0.3 is 0 Å². The van der Waals surface area contributed by atoms with Crippen LogP contribution in [0.1, 0.15) is 65.4 Å². The topological polar surface area (TPSA) is 24.9 Å². The van der Waals surface area contributed by atoms with Crippen molar-refractivity contribution in [3.8, 4) is 0 Å². The Morgan fingerprint density at radius 1 is 1.21 bits per heavy atom. The second-order valence-corrected chi connectivity index (χ2v) is 7.10. The fourth-order valence-corrected chi connectivity index (χ4v) is 3.00. The van der Waals surface area contributed by atoms with Crippen LogP contribution in [0.4, 0.5) is 5.82 Å². The number of hydrogen-bond donors (Lipinski definition) is 1. The molecule has 0 atom stereocenters. The van der Waals surface area contributed by atoms with E-state index in [4.69, 9.17) is 0 Å². The number of nitrogens with zero attached hydrogens (tertiary/aromatic N) is 1. The summed E-state index contributed by atoms with van der Waals surface area (Å²) in [4.78, 5) is 4.56. The Labute approximate surface area is 118 Å². The lowest BCUT2D eigenvalue weighted by Crippen LogP contribution is -2.26. The molecule has 0 aromatic carbocycles. The zero-order valence-electron chi connectivity index (χ0n) is 12.9. The van der Waals surface area contributed by atoms with E-state index in [0.29, 0.717) is 5.41 Å². The normalized spacial score (nSPS) is 18.5. The molecule has 0 radical (unpaired) electrons. The zero-order chi connectivity index (χ0) is 13.9. The van der Waals surface area contributed by atoms with E-state index in [9.17, 15) is 0 Å². The number of anilines is 1. The van der Waals surface area contributed by atoms with Gasteiger partial charge in [-0.1, -0.05) is 46.6 Å². The molecule has 19 heavy (non-hydrogen) atoms. The largest absolute Gasteiger partial charge is 0.370 e. The monoisotopic (exact) mass is 260 g/mol. The van der Waals surface area contributed by atoms with Crippen molar-refractivity contribution in [2.24, 2.45) is 5.41 Å². The Bertz CT molecular complexity index is 394. The zero-order valence-corrected chi connectivity index (χ0v) is 12.9. The molecule has 1 saturated carbocycles. The number of aromatic nitrogens is 1. The molecule has 1 aromatic heterocycles. The van der Waals surface area contributed by atoms with E-state index in [-0.39, 0.29) is 5.41 Å². The molecule has 0 amide bonds. The summed E-state index contributed by atoms with van der Waals surface area (Å²) < 4.78 is 0. The predicted molar refractivity (Wildman–Crippen MR) is 82.6 cm³/mol. The van der Waals surface area contributed by atoms with E-state index in [1.54, 1.807) is 0 Å². The third-order valence-corrected chi connectivity index (χ3v) is 4.69. The van der Waals surface area contributed by atoms with Crippen molar-refractivity contribution in [2.75, 3.05) is 11.9 Å². The standard InChI is InChI=1S/C17H28N2/c1-5-17(10-6-7-11-17)13-19-15-9-8-14(12-18-15)16(2,3)4/h8-9,12H,5-7,10-11,13H2,1-4H3,(H,18,19). The molecule has 0 saturated heterocycles. The minimum Gasteiger partial charge on any atom is -0.370 e. The number of rotatable bonds is 4. The minimum atomic E-state index is 0.182. The van der Waals surface area contributed by atoms with Crippen LogP contribution >= 0.6 is 0 Å². The number of pyridine rings is 1. The smallest absolute Gasteiger partial charge is 0.125 e. The molecule has 1 N–H and O–H groups in total. The summed E-state index contributed by atoms with van der Waals surface area (Å²) in [6, 6.07) is 4.32. The molecular weight excluding hydrogens is 232 g/mol. The number of nitrogens with one attached hydrogen (secondary N) is 1. The van der Waals surface area contributed by atoms with Gasteiger partial charge in [-0.3, -0.25) is 0 Å². The van der Waals surface area contributed by atoms with Crippen LogP contribution in [0.5, 0.6) is 0 Å². The van der Waals surface area contributed by atoms with Gasteiger partial charge in [0.2, 0.25) is 0 Å². The Kier molecular flexibility index (Phi) is 4.17. The molecule has 1 heterocycles. The number of hydrogen-bond acceptors (Lipinski definition) is 2. The van der Waals surface area contributed by atoms with Crippen molar-refractivity contribution in [3.05, 3.63) is 23.9 Å². The highest BCUT2D eigenvalue weighted by atomic mass is 15.0. The van der Waals surface area contributed by atoms with Gasteiger partial charge in [-0.25, -0.2) is 4.98 Å². The summed E-state index contributed by atoms with van der Waals surface area (Å²) in [7, 11) is 0. The second kappa shape index (κ2) is 5.52. The Balaban J connectivity index is 1.96. The van der Waals surface area contributed by atoms with E-state index in [1.807, 2.05) is 6.20 Å². The second-order valence-electron chi connectivity index (χ2n) is 7.10. The van der Waals surface area contributed by atoms with Gasteiger partial charge in [0, 0.05) is 12.7 Å². The lowest BCUT2D eigenvalue weighted by atomic mass is 9.83. The first-order valence-electron chi connectivity index (χ1n) is 7.66. The highest BCUT2D eigenvalue weighted by Crippen LogP contribution is 2.40. The third-order valence-electron chi connectivity index (χ3n) is 4.69.